The summed E-state index contributed by atoms with van der Waals surface area (Å²) in [6.45, 7) is 13.4. The molecule has 24 nitrogen and oxygen atoms in total. The van der Waals surface area contributed by atoms with Crippen LogP contribution in [0.15, 0.2) is 117 Å². The monoisotopic (exact) mass is 1770 g/mol. The van der Waals surface area contributed by atoms with E-state index in [1.807, 2.05) is 36.4 Å². The average molecular weight is 1780 g/mol. The van der Waals surface area contributed by atoms with Crippen LogP contribution in [-0.4, -0.2) is 116 Å². The molecule has 1 aliphatic carbocycles. The van der Waals surface area contributed by atoms with E-state index in [1.54, 1.807) is 78.9 Å². The van der Waals surface area contributed by atoms with Crippen LogP contribution in [0.25, 0.3) is 48.6 Å². The third kappa shape index (κ3) is 65.4. The van der Waals surface area contributed by atoms with Crippen molar-refractivity contribution in [1.82, 2.24) is 0 Å². The molecule has 2 atom stereocenters. The van der Waals surface area contributed by atoms with E-state index in [0.29, 0.717) is 40.8 Å². The summed E-state index contributed by atoms with van der Waals surface area (Å²) in [5.41, 5.74) is 10.9. The first-order chi connectivity index (χ1) is 34.2. The molecule has 0 radical (unpaired) electrons. The molecular weight excluding hydrogens is 1700 g/mol. The van der Waals surface area contributed by atoms with Crippen LogP contribution in [0.1, 0.15) is 67.6 Å². The number of rotatable bonds is 16. The molecule has 1 fully saturated rings. The van der Waals surface area contributed by atoms with Gasteiger partial charge in [-0.2, -0.15) is 12.0 Å². The molecular formula is C50H73Cl4N5O19Pt3. The molecule has 81 heavy (non-hydrogen) atoms. The predicted octanol–water partition coefficient (Wildman–Crippen LogP) is 13.2. The van der Waals surface area contributed by atoms with Crippen molar-refractivity contribution in [1.29, 1.82) is 0 Å². The molecule has 31 heteroatoms. The standard InChI is InChI=1S/3C10H10O3.C9H8O4.C7H13N.C2H2O4.2CH4.4ClH.4H2N.2H2O.3Pt/c3*1-2-8-3-5-9(6-4-8)13-7-10(11)12;10-5-7-1-3-8(4-2-7)13-6-9(11)12;1-6-4-2-3-5-7(6)8;3-1(4)2(5)6;;;;;;;;;;;;;;;/h3*2-6H,1,7H2,(H,11,12);1-5H,6H2,(H,11,12);6-8H,1-5H2;(H,3,4)(H,5,6);2*1H4;4*1H;6*1H2;;;/q;;;;-2;;;;;;;;4*-1;;;+2;2*+4/p-4. The smallest absolute Gasteiger partial charge is 0.693 e. The Balaban J connectivity index is -0.0000000685. The van der Waals surface area contributed by atoms with Gasteiger partial charge in [-0.1, -0.05) is 115 Å². The van der Waals surface area contributed by atoms with Gasteiger partial charge in [0.15, 0.2) is 26.4 Å². The maximum absolute atomic E-state index is 10.2. The second kappa shape index (κ2) is 69.0. The van der Waals surface area contributed by atoms with Gasteiger partial charge in [0.2, 0.25) is 0 Å². The molecule has 0 bridgehead atoms. The van der Waals surface area contributed by atoms with Crippen molar-refractivity contribution in [3.8, 4) is 23.0 Å². The molecule has 470 valence electrons. The molecule has 1 saturated carbocycles. The van der Waals surface area contributed by atoms with Gasteiger partial charge in [0.25, 0.3) is 0 Å². The van der Waals surface area contributed by atoms with Crippen LogP contribution in [0.2, 0.25) is 0 Å². The largest absolute Gasteiger partial charge is 2.00 e. The van der Waals surface area contributed by atoms with E-state index in [9.17, 15) is 24.0 Å². The van der Waals surface area contributed by atoms with Gasteiger partial charge in [0, 0.05) is 5.56 Å². The van der Waals surface area contributed by atoms with E-state index >= 15 is 0 Å². The minimum absolute atomic E-state index is 0. The summed E-state index contributed by atoms with van der Waals surface area (Å²) in [6.07, 6.45) is 10.6. The third-order valence-corrected chi connectivity index (χ3v) is 7.90. The van der Waals surface area contributed by atoms with Crippen molar-refractivity contribution in [3.63, 3.8) is 0 Å². The quantitative estimate of drug-likeness (QED) is 0.0345. The van der Waals surface area contributed by atoms with Gasteiger partial charge in [-0.05, 0) is 77.4 Å². The molecule has 19 N–H and O–H groups in total. The number of hydrogen-bond acceptors (Lipinski definition) is 11. The number of aliphatic carboxylic acids is 6. The minimum Gasteiger partial charge on any atom is -0.693 e. The molecule has 0 saturated heterocycles. The van der Waals surface area contributed by atoms with Crippen LogP contribution >= 0.6 is 37.7 Å². The van der Waals surface area contributed by atoms with Gasteiger partial charge in [0.05, 0.1) is 0 Å². The number of carboxylic acids is 6. The summed E-state index contributed by atoms with van der Waals surface area (Å²) < 4.78 is 19.7. The fourth-order valence-corrected chi connectivity index (χ4v) is 4.53. The maximum atomic E-state index is 10.2. The van der Waals surface area contributed by atoms with Gasteiger partial charge < -0.3 is 97.8 Å². The fourth-order valence-electron chi connectivity index (χ4n) is 4.53. The molecule has 4 aromatic carbocycles. The van der Waals surface area contributed by atoms with Crippen molar-refractivity contribution < 1.29 is 148 Å². The van der Waals surface area contributed by atoms with Gasteiger partial charge in [0.1, 0.15) is 29.3 Å². The first kappa shape index (κ1) is 104. The zero-order valence-electron chi connectivity index (χ0n) is 41.6. The Morgan fingerprint density at radius 3 is 0.827 bits per heavy atom. The molecule has 0 amide bonds. The second-order valence-corrected chi connectivity index (χ2v) is 19.7. The van der Waals surface area contributed by atoms with Gasteiger partial charge in [-0.15, -0.1) is 0 Å². The Kier molecular flexibility index (Phi) is 88.7. The Labute approximate surface area is 520 Å². The summed E-state index contributed by atoms with van der Waals surface area (Å²) >= 11 is -0.944. The van der Waals surface area contributed by atoms with Crippen LogP contribution < -0.4 is 18.9 Å². The van der Waals surface area contributed by atoms with Gasteiger partial charge >= 0.3 is 128 Å². The second-order valence-electron chi connectivity index (χ2n) is 13.1. The van der Waals surface area contributed by atoms with E-state index in [1.165, 1.54) is 19.3 Å². The van der Waals surface area contributed by atoms with Crippen molar-refractivity contribution in [2.24, 2.45) is 5.92 Å². The number of halogens is 4. The Morgan fingerprint density at radius 1 is 0.494 bits per heavy atom. The van der Waals surface area contributed by atoms with E-state index in [4.69, 9.17) is 103 Å². The van der Waals surface area contributed by atoms with Gasteiger partial charge in [-0.25, -0.2) is 28.8 Å². The van der Waals surface area contributed by atoms with Crippen LogP contribution in [0.5, 0.6) is 23.0 Å². The number of nitrogens with one attached hydrogen (secondary N) is 1. The van der Waals surface area contributed by atoms with Crippen LogP contribution in [0.3, 0.4) is 0 Å². The Morgan fingerprint density at radius 2 is 0.691 bits per heavy atom. The Bertz CT molecular complexity index is 1930. The molecule has 0 spiro atoms. The first-order valence-corrected chi connectivity index (χ1v) is 31.2. The van der Waals surface area contributed by atoms with Crippen LogP contribution in [0.4, 0.5) is 0 Å². The average Bonchev–Trinajstić information content (AvgIpc) is 3.36. The summed E-state index contributed by atoms with van der Waals surface area (Å²) in [6, 6.07) is 27.5. The molecule has 0 aromatic heterocycles. The third-order valence-electron chi connectivity index (χ3n) is 7.90. The zero-order chi connectivity index (χ0) is 55.3. The molecule has 4 aromatic rings. The molecule has 2 unspecified atom stereocenters. The number of hydrogen-bond donors (Lipinski definition) is 6. The van der Waals surface area contributed by atoms with E-state index in [0.717, 1.165) is 23.1 Å². The van der Waals surface area contributed by atoms with E-state index < -0.39 is 68.8 Å². The maximum Gasteiger partial charge on any atom is 2.00 e. The normalized spacial score (nSPS) is 10.9. The number of benzene rings is 4. The summed E-state index contributed by atoms with van der Waals surface area (Å²) in [5.74, 6) is -5.11. The van der Waals surface area contributed by atoms with Crippen molar-refractivity contribution in [2.75, 3.05) is 26.4 Å². The summed E-state index contributed by atoms with van der Waals surface area (Å²) in [4.78, 5) is 69.0. The molecule has 0 aliphatic heterocycles. The van der Waals surface area contributed by atoms with E-state index in [-0.39, 0.29) is 104 Å². The Hall–Kier alpha value is -5.27. The predicted molar refractivity (Wildman–Crippen MR) is 310 cm³/mol. The zero-order valence-corrected chi connectivity index (χ0v) is 51.5. The first-order valence-electron chi connectivity index (χ1n) is 19.9. The number of carboxylic acid groups (broad SMARTS) is 6. The van der Waals surface area contributed by atoms with Gasteiger partial charge in [-0.3, -0.25) is 4.79 Å². The summed E-state index contributed by atoms with van der Waals surface area (Å²) in [5, 5.41) is 48.1. The number of nitrogens with two attached hydrogens (primary N) is 4. The molecule has 5 rings (SSSR count). The van der Waals surface area contributed by atoms with Crippen molar-refractivity contribution in [2.45, 2.75) is 46.6 Å². The number of ether oxygens (including phenoxy) is 4. The number of carbonyl (C=O) groups excluding carboxylic acids is 1. The van der Waals surface area contributed by atoms with Crippen LogP contribution in [-0.2, 0) is 82.8 Å². The van der Waals surface area contributed by atoms with Crippen molar-refractivity contribution >= 4 is 98.0 Å². The fraction of sp³-hybridized carbons (Fsp3) is 0.240. The van der Waals surface area contributed by atoms with Crippen LogP contribution in [0, 0.1) is 12.8 Å². The molecule has 0 heterocycles. The van der Waals surface area contributed by atoms with Crippen molar-refractivity contribution in [3.05, 3.63) is 176 Å². The SMILES string of the molecule is C.C.C=Cc1ccc(OCC(=O)O)cc1.C=Cc1ccc(OCC(=O)O)cc1.C=Cc1ccc(OCC(=O)O)cc1.O.O.O=C(O)C(=O)O.O=Cc1ccc(OCC(=O)O)cc1.[CH2-]C1CCCCC1[NH-].[Cl][Pt+2][Cl].[Cl][Pt+2][Cl].[NH2-].[NH2-].[NH2-].[NH2-].[Pt+2]. The summed E-state index contributed by atoms with van der Waals surface area (Å²) in [7, 11) is 19.5. The van der Waals surface area contributed by atoms with E-state index in [2.05, 4.69) is 26.7 Å². The minimum atomic E-state index is -1.82. The molecule has 1 aliphatic rings. The number of carbonyl (C=O) groups is 7. The number of aldehydes is 1. The topological polar surface area (TPSA) is 499 Å².